The van der Waals surface area contributed by atoms with Crippen LogP contribution in [0.4, 0.5) is 0 Å². The minimum Gasteiger partial charge on any atom is -0.467 e. The molecule has 2 rings (SSSR count). The maximum absolute atomic E-state index is 12.1. The number of carbonyl (C=O) groups excluding carboxylic acids is 1. The van der Waals surface area contributed by atoms with E-state index in [4.69, 9.17) is 10.2 Å². The Morgan fingerprint density at radius 1 is 1.69 bits per heavy atom. The van der Waals surface area contributed by atoms with Crippen molar-refractivity contribution < 1.29 is 9.21 Å². The van der Waals surface area contributed by atoms with Crippen molar-refractivity contribution in [2.45, 2.75) is 26.3 Å². The monoisotopic (exact) mass is 222 g/mol. The summed E-state index contributed by atoms with van der Waals surface area (Å²) in [5.74, 6) is 1.32. The Balaban J connectivity index is 2.06. The van der Waals surface area contributed by atoms with Gasteiger partial charge in [-0.3, -0.25) is 4.79 Å². The quantitative estimate of drug-likeness (QED) is 0.827. The number of amides is 1. The fourth-order valence-electron chi connectivity index (χ4n) is 2.16. The summed E-state index contributed by atoms with van der Waals surface area (Å²) in [6.45, 7) is 4.22. The highest BCUT2D eigenvalue weighted by atomic mass is 16.3. The van der Waals surface area contributed by atoms with Gasteiger partial charge in [0.2, 0.25) is 0 Å². The average Bonchev–Trinajstić information content (AvgIpc) is 2.76. The summed E-state index contributed by atoms with van der Waals surface area (Å²) < 4.78 is 5.18. The van der Waals surface area contributed by atoms with Gasteiger partial charge in [0.25, 0.3) is 5.91 Å². The van der Waals surface area contributed by atoms with E-state index in [0.29, 0.717) is 23.8 Å². The fourth-order valence-corrected chi connectivity index (χ4v) is 2.16. The van der Waals surface area contributed by atoms with E-state index in [2.05, 4.69) is 6.92 Å². The number of likely N-dealkylation sites (tertiary alicyclic amines) is 1. The fraction of sp³-hybridized carbons (Fsp3) is 0.583. The predicted molar refractivity (Wildman–Crippen MR) is 60.9 cm³/mol. The van der Waals surface area contributed by atoms with Crippen molar-refractivity contribution in [3.05, 3.63) is 23.7 Å². The molecular formula is C12H18N2O2. The molecule has 0 aromatic carbocycles. The lowest BCUT2D eigenvalue weighted by Crippen LogP contribution is -2.38. The maximum Gasteiger partial charge on any atom is 0.257 e. The second-order valence-electron chi connectivity index (χ2n) is 4.50. The van der Waals surface area contributed by atoms with E-state index in [1.807, 2.05) is 4.90 Å². The van der Waals surface area contributed by atoms with Crippen LogP contribution in [0.1, 0.15) is 35.9 Å². The molecule has 2 N–H and O–H groups in total. The molecule has 0 radical (unpaired) electrons. The van der Waals surface area contributed by atoms with Crippen LogP contribution in [-0.2, 0) is 6.54 Å². The molecule has 1 aliphatic heterocycles. The van der Waals surface area contributed by atoms with Gasteiger partial charge in [-0.1, -0.05) is 6.92 Å². The summed E-state index contributed by atoms with van der Waals surface area (Å²) in [6.07, 6.45) is 3.81. The van der Waals surface area contributed by atoms with Gasteiger partial charge < -0.3 is 15.1 Å². The molecule has 0 aliphatic carbocycles. The summed E-state index contributed by atoms with van der Waals surface area (Å²) in [5, 5.41) is 0. The van der Waals surface area contributed by atoms with E-state index < -0.39 is 0 Å². The van der Waals surface area contributed by atoms with Gasteiger partial charge in [0, 0.05) is 13.1 Å². The molecule has 1 atom stereocenters. The first-order valence-corrected chi connectivity index (χ1v) is 5.77. The van der Waals surface area contributed by atoms with E-state index in [-0.39, 0.29) is 5.91 Å². The Morgan fingerprint density at radius 2 is 2.50 bits per heavy atom. The van der Waals surface area contributed by atoms with Gasteiger partial charge in [0.1, 0.15) is 12.0 Å². The van der Waals surface area contributed by atoms with Crippen LogP contribution in [0.5, 0.6) is 0 Å². The molecule has 1 aromatic heterocycles. The second-order valence-corrected chi connectivity index (χ2v) is 4.50. The van der Waals surface area contributed by atoms with Gasteiger partial charge in [-0.15, -0.1) is 0 Å². The number of nitrogens with zero attached hydrogens (tertiary/aromatic N) is 1. The molecule has 0 bridgehead atoms. The third-order valence-electron chi connectivity index (χ3n) is 3.05. The molecule has 16 heavy (non-hydrogen) atoms. The van der Waals surface area contributed by atoms with Crippen LogP contribution in [0.3, 0.4) is 0 Å². The Morgan fingerprint density at radius 3 is 3.12 bits per heavy atom. The molecule has 4 heteroatoms. The van der Waals surface area contributed by atoms with E-state index in [0.717, 1.165) is 19.5 Å². The van der Waals surface area contributed by atoms with Crippen molar-refractivity contribution in [3.8, 4) is 0 Å². The van der Waals surface area contributed by atoms with Crippen LogP contribution in [0, 0.1) is 5.92 Å². The van der Waals surface area contributed by atoms with Crippen molar-refractivity contribution in [2.75, 3.05) is 13.1 Å². The molecule has 4 nitrogen and oxygen atoms in total. The molecule has 88 valence electrons. The maximum atomic E-state index is 12.1. The van der Waals surface area contributed by atoms with Crippen molar-refractivity contribution in [1.82, 2.24) is 4.90 Å². The zero-order chi connectivity index (χ0) is 11.5. The summed E-state index contributed by atoms with van der Waals surface area (Å²) in [5.41, 5.74) is 6.07. The minimum atomic E-state index is 0.0648. The standard InChI is InChI=1S/C12H18N2O2/c1-9-3-2-4-14(7-9)12(15)10-5-11(6-13)16-8-10/h5,8-9H,2-4,6-7,13H2,1H3. The predicted octanol–water partition coefficient (Wildman–Crippen LogP) is 1.61. The van der Waals surface area contributed by atoms with Crippen LogP contribution in [-0.4, -0.2) is 23.9 Å². The number of hydrogen-bond donors (Lipinski definition) is 1. The smallest absolute Gasteiger partial charge is 0.257 e. The number of rotatable bonds is 2. The number of furan rings is 1. The number of hydrogen-bond acceptors (Lipinski definition) is 3. The Hall–Kier alpha value is -1.29. The largest absolute Gasteiger partial charge is 0.467 e. The summed E-state index contributed by atoms with van der Waals surface area (Å²) in [4.78, 5) is 14.0. The van der Waals surface area contributed by atoms with Crippen LogP contribution >= 0.6 is 0 Å². The Bertz CT molecular complexity index is 373. The van der Waals surface area contributed by atoms with Gasteiger partial charge in [-0.2, -0.15) is 0 Å². The van der Waals surface area contributed by atoms with Gasteiger partial charge in [-0.25, -0.2) is 0 Å². The van der Waals surface area contributed by atoms with Gasteiger partial charge in [0.05, 0.1) is 12.1 Å². The third-order valence-corrected chi connectivity index (χ3v) is 3.05. The first-order chi connectivity index (χ1) is 7.70. The molecule has 2 heterocycles. The molecule has 1 aliphatic rings. The highest BCUT2D eigenvalue weighted by Gasteiger charge is 2.23. The number of nitrogens with two attached hydrogens (primary N) is 1. The third kappa shape index (κ3) is 2.27. The average molecular weight is 222 g/mol. The lowest BCUT2D eigenvalue weighted by molar-refractivity contribution is 0.0682. The molecule has 1 aromatic rings. The first-order valence-electron chi connectivity index (χ1n) is 5.77. The highest BCUT2D eigenvalue weighted by molar-refractivity contribution is 5.94. The molecule has 1 saturated heterocycles. The molecular weight excluding hydrogens is 204 g/mol. The number of piperidine rings is 1. The molecule has 1 unspecified atom stereocenters. The SMILES string of the molecule is CC1CCCN(C(=O)c2coc(CN)c2)C1. The zero-order valence-electron chi connectivity index (χ0n) is 9.61. The molecule has 1 amide bonds. The van der Waals surface area contributed by atoms with E-state index >= 15 is 0 Å². The topological polar surface area (TPSA) is 59.5 Å². The zero-order valence-corrected chi connectivity index (χ0v) is 9.61. The van der Waals surface area contributed by atoms with Crippen molar-refractivity contribution in [3.63, 3.8) is 0 Å². The lowest BCUT2D eigenvalue weighted by Gasteiger charge is -2.30. The first kappa shape index (κ1) is 11.2. The van der Waals surface area contributed by atoms with Crippen LogP contribution in [0.15, 0.2) is 16.7 Å². The van der Waals surface area contributed by atoms with Gasteiger partial charge in [-0.05, 0) is 24.8 Å². The van der Waals surface area contributed by atoms with Crippen molar-refractivity contribution >= 4 is 5.91 Å². The van der Waals surface area contributed by atoms with Crippen LogP contribution in [0.2, 0.25) is 0 Å². The summed E-state index contributed by atoms with van der Waals surface area (Å²) in [7, 11) is 0. The molecule has 0 spiro atoms. The lowest BCUT2D eigenvalue weighted by atomic mass is 10.00. The number of carbonyl (C=O) groups is 1. The van der Waals surface area contributed by atoms with Crippen LogP contribution in [0.25, 0.3) is 0 Å². The second kappa shape index (κ2) is 4.70. The molecule has 0 saturated carbocycles. The molecule has 1 fully saturated rings. The summed E-state index contributed by atoms with van der Waals surface area (Å²) in [6, 6.07) is 1.74. The van der Waals surface area contributed by atoms with E-state index in [1.54, 1.807) is 6.07 Å². The minimum absolute atomic E-state index is 0.0648. The van der Waals surface area contributed by atoms with Crippen molar-refractivity contribution in [2.24, 2.45) is 11.7 Å². The van der Waals surface area contributed by atoms with E-state index in [1.165, 1.54) is 12.7 Å². The van der Waals surface area contributed by atoms with Gasteiger partial charge in [0.15, 0.2) is 0 Å². The van der Waals surface area contributed by atoms with Crippen molar-refractivity contribution in [1.29, 1.82) is 0 Å². The normalized spacial score (nSPS) is 21.1. The van der Waals surface area contributed by atoms with E-state index in [9.17, 15) is 4.79 Å². The Kier molecular flexibility index (Phi) is 3.29. The highest BCUT2D eigenvalue weighted by Crippen LogP contribution is 2.18. The summed E-state index contributed by atoms with van der Waals surface area (Å²) >= 11 is 0. The Labute approximate surface area is 95.4 Å². The van der Waals surface area contributed by atoms with Gasteiger partial charge >= 0.3 is 0 Å². The van der Waals surface area contributed by atoms with Crippen LogP contribution < -0.4 is 5.73 Å².